The number of hydrogen-bond donors (Lipinski definition) is 2. The number of fused-ring (bicyclic) bond motifs is 3. The van der Waals surface area contributed by atoms with E-state index < -0.39 is 0 Å². The van der Waals surface area contributed by atoms with E-state index in [0.717, 1.165) is 52.1 Å². The molecule has 1 aromatic heterocycles. The van der Waals surface area contributed by atoms with Crippen LogP contribution < -0.4 is 10.1 Å². The van der Waals surface area contributed by atoms with Crippen LogP contribution in [0.5, 0.6) is 5.75 Å². The molecule has 2 heterocycles. The van der Waals surface area contributed by atoms with Crippen LogP contribution in [-0.4, -0.2) is 39.9 Å². The lowest BCUT2D eigenvalue weighted by molar-refractivity contribution is -0.133. The molecule has 3 aromatic rings. The number of carbonyl (C=O) groups excluding carboxylic acids is 1. The molecule has 4 bridgehead atoms. The highest BCUT2D eigenvalue weighted by Gasteiger charge is 2.51. The van der Waals surface area contributed by atoms with Crippen molar-refractivity contribution in [2.45, 2.75) is 69.5 Å². The van der Waals surface area contributed by atoms with Crippen molar-refractivity contribution in [2.24, 2.45) is 17.8 Å². The average Bonchev–Trinajstić information content (AvgIpc) is 3.27. The maximum absolute atomic E-state index is 13.2. The van der Waals surface area contributed by atoms with E-state index in [9.17, 15) is 4.79 Å². The van der Waals surface area contributed by atoms with E-state index in [-0.39, 0.29) is 36.0 Å². The van der Waals surface area contributed by atoms with Crippen molar-refractivity contribution in [3.8, 4) is 18.1 Å². The monoisotopic (exact) mass is 541 g/mol. The fourth-order valence-electron chi connectivity index (χ4n) is 8.81. The minimum Gasteiger partial charge on any atom is -0.481 e. The summed E-state index contributed by atoms with van der Waals surface area (Å²) < 4.78 is 5.71. The molecule has 2 aromatic carbocycles. The van der Waals surface area contributed by atoms with Crippen molar-refractivity contribution in [1.29, 1.82) is 0 Å². The lowest BCUT2D eigenvalue weighted by atomic mass is 9.53. The number of aromatic amines is 1. The van der Waals surface area contributed by atoms with E-state index in [2.05, 4.69) is 53.5 Å². The highest BCUT2D eigenvalue weighted by atomic mass is 35.5. The quantitative estimate of drug-likeness (QED) is 0.271. The Morgan fingerprint density at radius 2 is 1.82 bits per heavy atom. The molecule has 8 rings (SSSR count). The molecular formula is C33H36ClN3O2. The van der Waals surface area contributed by atoms with Gasteiger partial charge < -0.3 is 19.9 Å². The lowest BCUT2D eigenvalue weighted by Crippen LogP contribution is -2.54. The van der Waals surface area contributed by atoms with Crippen LogP contribution in [0.4, 0.5) is 5.69 Å². The Labute approximate surface area is 235 Å². The number of rotatable bonds is 6. The van der Waals surface area contributed by atoms with Crippen LogP contribution >= 0.6 is 11.6 Å². The van der Waals surface area contributed by atoms with Gasteiger partial charge in [0, 0.05) is 33.9 Å². The van der Waals surface area contributed by atoms with E-state index in [0.29, 0.717) is 0 Å². The normalized spacial score (nSPS) is 30.7. The second-order valence-electron chi connectivity index (χ2n) is 12.6. The number of hydrogen-bond acceptors (Lipinski definition) is 3. The Balaban J connectivity index is 1.23. The van der Waals surface area contributed by atoms with E-state index in [1.54, 1.807) is 0 Å². The maximum Gasteiger partial charge on any atom is 0.238 e. The molecule has 0 saturated heterocycles. The smallest absolute Gasteiger partial charge is 0.238 e. The Kier molecular flexibility index (Phi) is 6.08. The number of amides is 1. The number of H-pyrrole nitrogens is 1. The zero-order chi connectivity index (χ0) is 26.7. The number of benzene rings is 2. The molecule has 2 atom stereocenters. The molecule has 0 spiro atoms. The number of nitrogens with one attached hydrogen (secondary N) is 2. The Hall–Kier alpha value is -3.10. The molecule has 4 saturated carbocycles. The molecule has 2 N–H and O–H groups in total. The fraction of sp³-hybridized carbons (Fsp3) is 0.485. The SMILES string of the molecule is C#CCOc1ccc2[nH]c3c(c2c1)C[C@H](C)N(C(=O)CCl)[C@H]3c1ccc(NC23CC4CC(CC(C4)C2)C3)cc1. The number of nitrogens with zero attached hydrogens (tertiary/aromatic N) is 1. The highest BCUT2D eigenvalue weighted by molar-refractivity contribution is 6.27. The predicted molar refractivity (Wildman–Crippen MR) is 156 cm³/mol. The zero-order valence-electron chi connectivity index (χ0n) is 22.5. The summed E-state index contributed by atoms with van der Waals surface area (Å²) in [5.41, 5.74) is 5.85. The standard InChI is InChI=1S/C33H36ClN3O2/c1-3-10-39-26-8-9-29-27(15-26)28-11-20(2)37(30(38)19-34)32(31(28)35-29)24-4-6-25(7-5-24)36-33-16-21-12-22(17-33)14-23(13-21)18-33/h1,4-9,15,20-23,32,35-36H,10-14,16-19H2,2H3/t20-,21?,22?,23?,32-,33?/m0/s1. The third-order valence-electron chi connectivity index (χ3n) is 9.84. The third kappa shape index (κ3) is 4.28. The number of halogens is 1. The van der Waals surface area contributed by atoms with Gasteiger partial charge in [-0.1, -0.05) is 18.1 Å². The van der Waals surface area contributed by atoms with Crippen molar-refractivity contribution in [2.75, 3.05) is 17.8 Å². The number of alkyl halides is 1. The summed E-state index contributed by atoms with van der Waals surface area (Å²) >= 11 is 6.13. The molecule has 1 aliphatic heterocycles. The largest absolute Gasteiger partial charge is 0.481 e. The summed E-state index contributed by atoms with van der Waals surface area (Å²) in [5.74, 6) is 5.91. The Bertz CT molecular complexity index is 1420. The van der Waals surface area contributed by atoms with Crippen LogP contribution in [0, 0.1) is 30.1 Å². The molecule has 39 heavy (non-hydrogen) atoms. The predicted octanol–water partition coefficient (Wildman–Crippen LogP) is 6.66. The summed E-state index contributed by atoms with van der Waals surface area (Å²) in [5, 5.41) is 5.12. The van der Waals surface area contributed by atoms with Crippen LogP contribution in [0.2, 0.25) is 0 Å². The van der Waals surface area contributed by atoms with Gasteiger partial charge in [0.05, 0.1) is 6.04 Å². The number of carbonyl (C=O) groups is 1. The summed E-state index contributed by atoms with van der Waals surface area (Å²) in [6.07, 6.45) is 14.4. The minimum atomic E-state index is -0.230. The number of ether oxygens (including phenoxy) is 1. The van der Waals surface area contributed by atoms with Gasteiger partial charge in [-0.05, 0) is 111 Å². The van der Waals surface area contributed by atoms with Crippen molar-refractivity contribution < 1.29 is 9.53 Å². The van der Waals surface area contributed by atoms with Gasteiger partial charge >= 0.3 is 0 Å². The van der Waals surface area contributed by atoms with Gasteiger partial charge in [0.25, 0.3) is 0 Å². The van der Waals surface area contributed by atoms with Crippen molar-refractivity contribution in [1.82, 2.24) is 9.88 Å². The van der Waals surface area contributed by atoms with Crippen LogP contribution in [-0.2, 0) is 11.2 Å². The summed E-state index contributed by atoms with van der Waals surface area (Å²) in [6.45, 7) is 2.35. The second kappa shape index (κ2) is 9.52. The highest BCUT2D eigenvalue weighted by Crippen LogP contribution is 2.56. The van der Waals surface area contributed by atoms with E-state index >= 15 is 0 Å². The molecule has 1 amide bonds. The van der Waals surface area contributed by atoms with Gasteiger partial charge in [0.2, 0.25) is 5.91 Å². The molecule has 6 heteroatoms. The van der Waals surface area contributed by atoms with Crippen molar-refractivity contribution in [3.63, 3.8) is 0 Å². The van der Waals surface area contributed by atoms with Gasteiger partial charge in [-0.3, -0.25) is 4.79 Å². The molecule has 4 fully saturated rings. The van der Waals surface area contributed by atoms with Gasteiger partial charge in [0.1, 0.15) is 18.2 Å². The van der Waals surface area contributed by atoms with E-state index in [4.69, 9.17) is 22.8 Å². The molecule has 4 aliphatic carbocycles. The van der Waals surface area contributed by atoms with Gasteiger partial charge in [-0.2, -0.15) is 0 Å². The Morgan fingerprint density at radius 3 is 2.46 bits per heavy atom. The van der Waals surface area contributed by atoms with Crippen LogP contribution in [0.3, 0.4) is 0 Å². The van der Waals surface area contributed by atoms with Crippen molar-refractivity contribution in [3.05, 3.63) is 59.3 Å². The fourth-order valence-corrected chi connectivity index (χ4v) is 8.95. The Morgan fingerprint density at radius 1 is 1.13 bits per heavy atom. The molecule has 202 valence electrons. The minimum absolute atomic E-state index is 0.00728. The number of aromatic nitrogens is 1. The van der Waals surface area contributed by atoms with Gasteiger partial charge in [-0.15, -0.1) is 18.0 Å². The molecule has 0 unspecified atom stereocenters. The van der Waals surface area contributed by atoms with Crippen LogP contribution in [0.15, 0.2) is 42.5 Å². The van der Waals surface area contributed by atoms with E-state index in [1.165, 1.54) is 49.8 Å². The first kappa shape index (κ1) is 24.9. The zero-order valence-corrected chi connectivity index (χ0v) is 23.3. The summed E-state index contributed by atoms with van der Waals surface area (Å²) in [4.78, 5) is 18.8. The molecule has 5 aliphatic rings. The topological polar surface area (TPSA) is 57.4 Å². The average molecular weight is 542 g/mol. The first-order valence-corrected chi connectivity index (χ1v) is 14.9. The van der Waals surface area contributed by atoms with Gasteiger partial charge in [0.15, 0.2) is 0 Å². The first-order valence-electron chi connectivity index (χ1n) is 14.4. The summed E-state index contributed by atoms with van der Waals surface area (Å²) in [7, 11) is 0. The van der Waals surface area contributed by atoms with Gasteiger partial charge in [-0.25, -0.2) is 0 Å². The number of anilines is 1. The van der Waals surface area contributed by atoms with E-state index in [1.807, 2.05) is 17.0 Å². The maximum atomic E-state index is 13.2. The second-order valence-corrected chi connectivity index (χ2v) is 12.8. The molecule has 5 nitrogen and oxygen atoms in total. The third-order valence-corrected chi connectivity index (χ3v) is 10.1. The molecule has 0 radical (unpaired) electrons. The first-order chi connectivity index (χ1) is 18.9. The molecular weight excluding hydrogens is 506 g/mol. The lowest BCUT2D eigenvalue weighted by Gasteiger charge is -2.57. The summed E-state index contributed by atoms with van der Waals surface area (Å²) in [6, 6.07) is 14.6. The van der Waals surface area contributed by atoms with Crippen LogP contribution in [0.25, 0.3) is 10.9 Å². The van der Waals surface area contributed by atoms with Crippen molar-refractivity contribution >= 4 is 34.1 Å². The number of terminal acetylenes is 1. The van der Waals surface area contributed by atoms with Crippen LogP contribution in [0.1, 0.15) is 68.3 Å².